The molecule has 0 aromatic rings. The minimum atomic E-state index is -0.501. The molecule has 0 aliphatic heterocycles. The SMILES string of the molecule is CC(C)(C)OC(=O)NC(C(C)(C)C)C1(CO)CCC1. The second kappa shape index (κ2) is 5.31. The number of ether oxygens (including phenoxy) is 1. The summed E-state index contributed by atoms with van der Waals surface area (Å²) in [5, 5.41) is 12.7. The highest BCUT2D eigenvalue weighted by Crippen LogP contribution is 2.48. The first-order valence-corrected chi connectivity index (χ1v) is 7.11. The van der Waals surface area contributed by atoms with Crippen molar-refractivity contribution in [1.82, 2.24) is 5.32 Å². The second-order valence-corrected chi connectivity index (χ2v) is 7.82. The van der Waals surface area contributed by atoms with E-state index in [1.54, 1.807) is 0 Å². The molecule has 1 aliphatic rings. The summed E-state index contributed by atoms with van der Waals surface area (Å²) < 4.78 is 5.34. The molecular formula is C15H29NO3. The van der Waals surface area contributed by atoms with E-state index in [1.807, 2.05) is 20.8 Å². The molecule has 1 aliphatic carbocycles. The average molecular weight is 271 g/mol. The predicted molar refractivity (Wildman–Crippen MR) is 76.0 cm³/mol. The maximum Gasteiger partial charge on any atom is 0.407 e. The maximum absolute atomic E-state index is 12.0. The van der Waals surface area contributed by atoms with Gasteiger partial charge in [-0.1, -0.05) is 27.2 Å². The Morgan fingerprint density at radius 2 is 1.79 bits per heavy atom. The van der Waals surface area contributed by atoms with Gasteiger partial charge in [-0.2, -0.15) is 0 Å². The lowest BCUT2D eigenvalue weighted by atomic mass is 9.58. The lowest BCUT2D eigenvalue weighted by Gasteiger charge is -2.51. The molecule has 0 bridgehead atoms. The minimum absolute atomic E-state index is 0.0754. The monoisotopic (exact) mass is 271 g/mol. The van der Waals surface area contributed by atoms with Crippen molar-refractivity contribution in [2.45, 2.75) is 72.4 Å². The summed E-state index contributed by atoms with van der Waals surface area (Å²) in [4.78, 5) is 12.0. The molecule has 19 heavy (non-hydrogen) atoms. The van der Waals surface area contributed by atoms with Crippen LogP contribution in [0.4, 0.5) is 4.79 Å². The van der Waals surface area contributed by atoms with Crippen LogP contribution in [0.1, 0.15) is 60.8 Å². The summed E-state index contributed by atoms with van der Waals surface area (Å²) in [6.07, 6.45) is 2.64. The van der Waals surface area contributed by atoms with Crippen LogP contribution in [0, 0.1) is 10.8 Å². The third-order valence-electron chi connectivity index (χ3n) is 3.80. The van der Waals surface area contributed by atoms with Crippen molar-refractivity contribution in [3.05, 3.63) is 0 Å². The predicted octanol–water partition coefficient (Wildman–Crippen LogP) is 3.09. The first kappa shape index (κ1) is 16.3. The molecule has 2 N–H and O–H groups in total. The van der Waals surface area contributed by atoms with E-state index in [0.717, 1.165) is 19.3 Å². The smallest absolute Gasteiger partial charge is 0.407 e. The first-order chi connectivity index (χ1) is 8.50. The van der Waals surface area contributed by atoms with Crippen LogP contribution in [-0.4, -0.2) is 29.4 Å². The van der Waals surface area contributed by atoms with Crippen LogP contribution >= 0.6 is 0 Å². The zero-order chi connectivity index (χ0) is 14.9. The lowest BCUT2D eigenvalue weighted by Crippen LogP contribution is -2.59. The van der Waals surface area contributed by atoms with Crippen LogP contribution in [0.5, 0.6) is 0 Å². The van der Waals surface area contributed by atoms with E-state index in [0.29, 0.717) is 0 Å². The maximum atomic E-state index is 12.0. The van der Waals surface area contributed by atoms with Gasteiger partial charge in [0.05, 0.1) is 6.61 Å². The molecular weight excluding hydrogens is 242 g/mol. The van der Waals surface area contributed by atoms with Gasteiger partial charge in [0.2, 0.25) is 0 Å². The number of amides is 1. The van der Waals surface area contributed by atoms with Crippen molar-refractivity contribution in [3.8, 4) is 0 Å². The summed E-state index contributed by atoms with van der Waals surface area (Å²) >= 11 is 0. The van der Waals surface area contributed by atoms with Gasteiger partial charge in [-0.3, -0.25) is 0 Å². The number of nitrogens with one attached hydrogen (secondary N) is 1. The summed E-state index contributed by atoms with van der Waals surface area (Å²) in [7, 11) is 0. The largest absolute Gasteiger partial charge is 0.444 e. The van der Waals surface area contributed by atoms with Crippen LogP contribution in [0.25, 0.3) is 0 Å². The van der Waals surface area contributed by atoms with Crippen molar-refractivity contribution in [3.63, 3.8) is 0 Å². The Balaban J connectivity index is 2.80. The average Bonchev–Trinajstić information content (AvgIpc) is 2.10. The van der Waals surface area contributed by atoms with Gasteiger partial charge in [0.25, 0.3) is 0 Å². The van der Waals surface area contributed by atoms with Gasteiger partial charge in [-0.25, -0.2) is 4.79 Å². The summed E-state index contributed by atoms with van der Waals surface area (Å²) in [6, 6.07) is -0.0754. The number of hydrogen-bond donors (Lipinski definition) is 2. The van der Waals surface area contributed by atoms with Crippen LogP contribution < -0.4 is 5.32 Å². The quantitative estimate of drug-likeness (QED) is 0.829. The molecule has 0 aromatic heterocycles. The van der Waals surface area contributed by atoms with Gasteiger partial charge < -0.3 is 15.2 Å². The van der Waals surface area contributed by atoms with Crippen molar-refractivity contribution >= 4 is 6.09 Å². The fraction of sp³-hybridized carbons (Fsp3) is 0.933. The zero-order valence-electron chi connectivity index (χ0n) is 13.2. The first-order valence-electron chi connectivity index (χ1n) is 7.11. The normalized spacial score (nSPS) is 20.4. The van der Waals surface area contributed by atoms with Crippen LogP contribution in [-0.2, 0) is 4.74 Å². The molecule has 112 valence electrons. The molecule has 1 unspecified atom stereocenters. The van der Waals surface area contributed by atoms with Crippen LogP contribution in [0.3, 0.4) is 0 Å². The van der Waals surface area contributed by atoms with Gasteiger partial charge in [0.15, 0.2) is 0 Å². The van der Waals surface area contributed by atoms with Gasteiger partial charge in [0.1, 0.15) is 5.60 Å². The summed E-state index contributed by atoms with van der Waals surface area (Å²) in [5.41, 5.74) is -0.798. The number of alkyl carbamates (subject to hydrolysis) is 1. The van der Waals surface area contributed by atoms with Crippen molar-refractivity contribution in [2.24, 2.45) is 10.8 Å². The van der Waals surface area contributed by atoms with Gasteiger partial charge in [-0.15, -0.1) is 0 Å². The van der Waals surface area contributed by atoms with E-state index in [9.17, 15) is 9.90 Å². The number of aliphatic hydroxyl groups excluding tert-OH is 1. The third-order valence-corrected chi connectivity index (χ3v) is 3.80. The van der Waals surface area contributed by atoms with E-state index < -0.39 is 11.7 Å². The molecule has 1 fully saturated rings. The Bertz CT molecular complexity index is 316. The standard InChI is InChI=1S/C15H29NO3/c1-13(2,3)11(15(10-17)8-7-9-15)16-12(18)19-14(4,5)6/h11,17H,7-10H2,1-6H3,(H,16,18). The third kappa shape index (κ3) is 4.10. The molecule has 4 heteroatoms. The van der Waals surface area contributed by atoms with Crippen molar-refractivity contribution in [1.29, 1.82) is 0 Å². The fourth-order valence-electron chi connectivity index (χ4n) is 2.88. The summed E-state index contributed by atoms with van der Waals surface area (Å²) in [6.45, 7) is 11.9. The lowest BCUT2D eigenvalue weighted by molar-refractivity contribution is -0.0365. The van der Waals surface area contributed by atoms with Crippen molar-refractivity contribution in [2.75, 3.05) is 6.61 Å². The van der Waals surface area contributed by atoms with Gasteiger partial charge in [-0.05, 0) is 39.0 Å². The Kier molecular flexibility index (Phi) is 4.55. The van der Waals surface area contributed by atoms with E-state index >= 15 is 0 Å². The highest BCUT2D eigenvalue weighted by Gasteiger charge is 2.49. The Morgan fingerprint density at radius 1 is 1.26 bits per heavy atom. The second-order valence-electron chi connectivity index (χ2n) is 7.82. The molecule has 4 nitrogen and oxygen atoms in total. The number of carbonyl (C=O) groups is 1. The highest BCUT2D eigenvalue weighted by atomic mass is 16.6. The zero-order valence-corrected chi connectivity index (χ0v) is 13.2. The number of rotatable bonds is 3. The minimum Gasteiger partial charge on any atom is -0.444 e. The molecule has 0 aromatic carbocycles. The molecule has 1 saturated carbocycles. The molecule has 0 spiro atoms. The van der Waals surface area contributed by atoms with Crippen LogP contribution in [0.15, 0.2) is 0 Å². The topological polar surface area (TPSA) is 58.6 Å². The number of aliphatic hydroxyl groups is 1. The Morgan fingerprint density at radius 3 is 2.05 bits per heavy atom. The molecule has 0 heterocycles. The molecule has 1 amide bonds. The van der Waals surface area contributed by atoms with Crippen molar-refractivity contribution < 1.29 is 14.6 Å². The van der Waals surface area contributed by atoms with E-state index in [-0.39, 0.29) is 23.5 Å². The number of hydrogen-bond acceptors (Lipinski definition) is 3. The van der Waals surface area contributed by atoms with Gasteiger partial charge in [0, 0.05) is 11.5 Å². The Labute approximate surface area is 116 Å². The van der Waals surface area contributed by atoms with Crippen LogP contribution in [0.2, 0.25) is 0 Å². The number of carbonyl (C=O) groups excluding carboxylic acids is 1. The van der Waals surface area contributed by atoms with E-state index in [4.69, 9.17) is 4.74 Å². The molecule has 0 radical (unpaired) electrons. The summed E-state index contributed by atoms with van der Waals surface area (Å²) in [5.74, 6) is 0. The highest BCUT2D eigenvalue weighted by molar-refractivity contribution is 5.68. The van der Waals surface area contributed by atoms with Gasteiger partial charge >= 0.3 is 6.09 Å². The molecule has 1 atom stereocenters. The Hall–Kier alpha value is -0.770. The van der Waals surface area contributed by atoms with E-state index in [2.05, 4.69) is 26.1 Å². The molecule has 0 saturated heterocycles. The van der Waals surface area contributed by atoms with E-state index in [1.165, 1.54) is 0 Å². The molecule has 1 rings (SSSR count). The fourth-order valence-corrected chi connectivity index (χ4v) is 2.88.